The van der Waals surface area contributed by atoms with Crippen LogP contribution in [0, 0.1) is 0 Å². The van der Waals surface area contributed by atoms with Gasteiger partial charge in [0, 0.05) is 0 Å². The standard InChI is InChI=1S/C13H10Cl2F9O4P/c14-12(15,13(22,23)24)9(8-4-2-1-3-5-8)28-29(25,26-6-10(16,17)18)27-7-11(19,20)21/h1-5,9H,6-7H2/t9-/m0/s1. The molecule has 0 bridgehead atoms. The second kappa shape index (κ2) is 9.19. The maximum Gasteiger partial charge on any atom is 0.476 e. The lowest BCUT2D eigenvalue weighted by atomic mass is 10.1. The minimum atomic E-state index is -5.91. The molecule has 0 aliphatic heterocycles. The van der Waals surface area contributed by atoms with E-state index in [0.717, 1.165) is 24.3 Å². The molecule has 16 heteroatoms. The van der Waals surface area contributed by atoms with Gasteiger partial charge in [0.1, 0.15) is 6.10 Å². The van der Waals surface area contributed by atoms with Gasteiger partial charge < -0.3 is 0 Å². The van der Waals surface area contributed by atoms with Crippen molar-refractivity contribution in [3.05, 3.63) is 35.9 Å². The minimum Gasteiger partial charge on any atom is -0.277 e. The molecule has 1 rings (SSSR count). The molecule has 0 aromatic heterocycles. The number of halogens is 11. The van der Waals surface area contributed by atoms with E-state index in [1.54, 1.807) is 0 Å². The molecule has 0 spiro atoms. The van der Waals surface area contributed by atoms with E-state index in [0.29, 0.717) is 0 Å². The van der Waals surface area contributed by atoms with E-state index in [1.807, 2.05) is 0 Å². The molecule has 0 saturated carbocycles. The van der Waals surface area contributed by atoms with Crippen molar-refractivity contribution in [2.45, 2.75) is 29.0 Å². The smallest absolute Gasteiger partial charge is 0.277 e. The number of rotatable bonds is 8. The summed E-state index contributed by atoms with van der Waals surface area (Å²) in [5.41, 5.74) is -0.582. The highest BCUT2D eigenvalue weighted by atomic mass is 35.5. The Balaban J connectivity index is 3.34. The van der Waals surface area contributed by atoms with Gasteiger partial charge in [0.05, 0.1) is 0 Å². The topological polar surface area (TPSA) is 44.8 Å². The molecule has 0 saturated heterocycles. The molecule has 0 fully saturated rings. The van der Waals surface area contributed by atoms with Crippen LogP contribution >= 0.6 is 31.0 Å². The van der Waals surface area contributed by atoms with Crippen molar-refractivity contribution in [2.75, 3.05) is 13.2 Å². The van der Waals surface area contributed by atoms with Crippen LogP contribution in [0.2, 0.25) is 0 Å². The number of phosphoric acid groups is 1. The highest BCUT2D eigenvalue weighted by molar-refractivity contribution is 7.48. The normalized spacial score (nSPS) is 15.4. The molecular formula is C13H10Cl2F9O4P. The lowest BCUT2D eigenvalue weighted by Crippen LogP contribution is -2.41. The van der Waals surface area contributed by atoms with Crippen LogP contribution in [0.4, 0.5) is 39.5 Å². The van der Waals surface area contributed by atoms with Crippen LogP contribution in [-0.4, -0.2) is 36.1 Å². The fourth-order valence-electron chi connectivity index (χ4n) is 1.64. The first kappa shape index (κ1) is 26.3. The van der Waals surface area contributed by atoms with Crippen LogP contribution in [0.3, 0.4) is 0 Å². The summed E-state index contributed by atoms with van der Waals surface area (Å²) in [6.07, 6.45) is -18.8. The van der Waals surface area contributed by atoms with Gasteiger partial charge in [-0.05, 0) is 5.56 Å². The van der Waals surface area contributed by atoms with E-state index in [2.05, 4.69) is 13.6 Å². The van der Waals surface area contributed by atoms with Gasteiger partial charge in [-0.1, -0.05) is 53.5 Å². The van der Waals surface area contributed by atoms with Crippen molar-refractivity contribution in [2.24, 2.45) is 0 Å². The Kier molecular flexibility index (Phi) is 8.34. The van der Waals surface area contributed by atoms with E-state index in [4.69, 9.17) is 23.2 Å². The Hall–Kier alpha value is -0.720. The van der Waals surface area contributed by atoms with Crippen molar-refractivity contribution in [3.8, 4) is 0 Å². The molecular weight excluding hydrogens is 493 g/mol. The second-order valence-electron chi connectivity index (χ2n) is 5.24. The summed E-state index contributed by atoms with van der Waals surface area (Å²) >= 11 is 10.5. The van der Waals surface area contributed by atoms with Gasteiger partial charge >= 0.3 is 26.4 Å². The van der Waals surface area contributed by atoms with Crippen LogP contribution in [0.25, 0.3) is 0 Å². The molecule has 1 aromatic carbocycles. The van der Waals surface area contributed by atoms with Crippen molar-refractivity contribution >= 4 is 31.0 Å². The van der Waals surface area contributed by atoms with Gasteiger partial charge in [0.25, 0.3) is 0 Å². The molecule has 1 atom stereocenters. The Bertz CT molecular complexity index is 685. The predicted molar refractivity (Wildman–Crippen MR) is 82.4 cm³/mol. The van der Waals surface area contributed by atoms with Crippen molar-refractivity contribution < 1.29 is 57.7 Å². The molecule has 0 N–H and O–H groups in total. The lowest BCUT2D eigenvalue weighted by Gasteiger charge is -2.33. The molecule has 29 heavy (non-hydrogen) atoms. The van der Waals surface area contributed by atoms with Gasteiger partial charge in [-0.15, -0.1) is 0 Å². The van der Waals surface area contributed by atoms with Gasteiger partial charge in [-0.25, -0.2) is 4.57 Å². The zero-order valence-corrected chi connectivity index (χ0v) is 16.0. The summed E-state index contributed by atoms with van der Waals surface area (Å²) in [5.74, 6) is 0. The SMILES string of the molecule is O=P(OCC(F)(F)F)(OCC(F)(F)F)O[C@@H](c1ccccc1)C(Cl)(Cl)C(F)(F)F. The van der Waals surface area contributed by atoms with Gasteiger partial charge in [0.15, 0.2) is 13.2 Å². The third-order valence-electron chi connectivity index (χ3n) is 2.82. The number of benzene rings is 1. The lowest BCUT2D eigenvalue weighted by molar-refractivity contribution is -0.179. The molecule has 168 valence electrons. The highest BCUT2D eigenvalue weighted by Gasteiger charge is 2.61. The maximum atomic E-state index is 13.2. The quantitative estimate of drug-likeness (QED) is 0.224. The fraction of sp³-hybridized carbons (Fsp3) is 0.538. The van der Waals surface area contributed by atoms with E-state index in [-0.39, 0.29) is 0 Å². The first-order chi connectivity index (χ1) is 12.9. The summed E-state index contributed by atoms with van der Waals surface area (Å²) in [4.78, 5) is 0. The number of alkyl halides is 11. The van der Waals surface area contributed by atoms with Crippen LogP contribution in [0.15, 0.2) is 30.3 Å². The van der Waals surface area contributed by atoms with Gasteiger partial charge in [-0.2, -0.15) is 39.5 Å². The van der Waals surface area contributed by atoms with Crippen molar-refractivity contribution in [1.29, 1.82) is 0 Å². The maximum absolute atomic E-state index is 13.2. The van der Waals surface area contributed by atoms with Crippen LogP contribution in [-0.2, 0) is 18.1 Å². The second-order valence-corrected chi connectivity index (χ2v) is 8.25. The first-order valence-electron chi connectivity index (χ1n) is 7.07. The van der Waals surface area contributed by atoms with E-state index in [9.17, 15) is 44.1 Å². The Morgan fingerprint density at radius 3 is 1.59 bits per heavy atom. The Morgan fingerprint density at radius 2 is 1.24 bits per heavy atom. The molecule has 1 aromatic rings. The minimum absolute atomic E-state index is 0.582. The van der Waals surface area contributed by atoms with Crippen molar-refractivity contribution in [1.82, 2.24) is 0 Å². The van der Waals surface area contributed by atoms with Crippen LogP contribution in [0.1, 0.15) is 11.7 Å². The van der Waals surface area contributed by atoms with E-state index < -0.39 is 55.6 Å². The first-order valence-corrected chi connectivity index (χ1v) is 9.28. The average molecular weight is 503 g/mol. The number of hydrogen-bond donors (Lipinski definition) is 0. The molecule has 4 nitrogen and oxygen atoms in total. The zero-order chi connectivity index (χ0) is 22.7. The summed E-state index contributed by atoms with van der Waals surface area (Å²) < 4.78 is 134. The average Bonchev–Trinajstić information content (AvgIpc) is 2.55. The number of hydrogen-bond acceptors (Lipinski definition) is 4. The molecule has 0 amide bonds. The van der Waals surface area contributed by atoms with E-state index in [1.165, 1.54) is 6.07 Å². The molecule has 0 heterocycles. The number of phosphoric ester groups is 1. The molecule has 0 radical (unpaired) electrons. The summed E-state index contributed by atoms with van der Waals surface area (Å²) in [6.45, 7) is -4.90. The summed E-state index contributed by atoms with van der Waals surface area (Å²) in [5, 5.41) is 0. The molecule has 0 aliphatic rings. The molecule has 0 unspecified atom stereocenters. The van der Waals surface area contributed by atoms with Gasteiger partial charge in [-0.3, -0.25) is 13.6 Å². The zero-order valence-electron chi connectivity index (χ0n) is 13.6. The summed E-state index contributed by atoms with van der Waals surface area (Å²) in [7, 11) is -5.91. The fourth-order valence-corrected chi connectivity index (χ4v) is 3.45. The monoisotopic (exact) mass is 502 g/mol. The predicted octanol–water partition coefficient (Wildman–Crippen LogP) is 6.75. The Morgan fingerprint density at radius 1 is 0.828 bits per heavy atom. The van der Waals surface area contributed by atoms with Gasteiger partial charge in [0.2, 0.25) is 4.33 Å². The van der Waals surface area contributed by atoms with E-state index >= 15 is 0 Å². The van der Waals surface area contributed by atoms with Crippen LogP contribution < -0.4 is 0 Å². The highest BCUT2D eigenvalue weighted by Crippen LogP contribution is 2.60. The Labute approximate surface area is 167 Å². The molecule has 0 aliphatic carbocycles. The van der Waals surface area contributed by atoms with Crippen LogP contribution in [0.5, 0.6) is 0 Å². The third kappa shape index (κ3) is 8.50. The van der Waals surface area contributed by atoms with Crippen molar-refractivity contribution in [3.63, 3.8) is 0 Å². The largest absolute Gasteiger partial charge is 0.476 e. The third-order valence-corrected chi connectivity index (χ3v) is 5.00. The summed E-state index contributed by atoms with van der Waals surface area (Å²) in [6, 6.07) is 5.35.